The first-order valence-corrected chi connectivity index (χ1v) is 6.06. The Hall–Kier alpha value is -2.56. The van der Waals surface area contributed by atoms with Crippen LogP contribution in [-0.2, 0) is 0 Å². The van der Waals surface area contributed by atoms with Gasteiger partial charge >= 0.3 is 0 Å². The van der Waals surface area contributed by atoms with Crippen LogP contribution in [-0.4, -0.2) is 16.1 Å². The van der Waals surface area contributed by atoms with Crippen molar-refractivity contribution in [1.29, 1.82) is 0 Å². The van der Waals surface area contributed by atoms with Gasteiger partial charge in [0, 0.05) is 11.6 Å². The number of aromatic hydroxyl groups is 2. The molecule has 0 bridgehead atoms. The predicted octanol–water partition coefficient (Wildman–Crippen LogP) is 2.73. The lowest BCUT2D eigenvalue weighted by Crippen LogP contribution is -2.27. The van der Waals surface area contributed by atoms with E-state index in [1.54, 1.807) is 25.1 Å². The molecule has 0 heterocycles. The second kappa shape index (κ2) is 5.61. The van der Waals surface area contributed by atoms with Crippen LogP contribution in [0, 0.1) is 5.82 Å². The van der Waals surface area contributed by atoms with Crippen LogP contribution in [0.2, 0.25) is 0 Å². The number of halogens is 1. The number of phenolic OH excluding ortho intramolecular Hbond substituents is 2. The maximum absolute atomic E-state index is 13.6. The maximum Gasteiger partial charge on any atom is 0.255 e. The van der Waals surface area contributed by atoms with Gasteiger partial charge in [-0.3, -0.25) is 4.79 Å². The van der Waals surface area contributed by atoms with Gasteiger partial charge in [-0.1, -0.05) is 18.2 Å². The lowest BCUT2D eigenvalue weighted by atomic mass is 10.1. The van der Waals surface area contributed by atoms with E-state index in [9.17, 15) is 19.4 Å². The normalized spacial score (nSPS) is 11.9. The second-order valence-electron chi connectivity index (χ2n) is 4.42. The summed E-state index contributed by atoms with van der Waals surface area (Å²) in [7, 11) is 0. The molecule has 0 radical (unpaired) electrons. The highest BCUT2D eigenvalue weighted by molar-refractivity contribution is 5.97. The van der Waals surface area contributed by atoms with Crippen molar-refractivity contribution in [3.8, 4) is 11.5 Å². The van der Waals surface area contributed by atoms with Crippen LogP contribution in [0.25, 0.3) is 0 Å². The van der Waals surface area contributed by atoms with Crippen molar-refractivity contribution in [1.82, 2.24) is 5.32 Å². The summed E-state index contributed by atoms with van der Waals surface area (Å²) in [6.45, 7) is 1.65. The SMILES string of the molecule is CC(NC(=O)c1ccc(O)cc1O)c1ccccc1F. The minimum absolute atomic E-state index is 0.0194. The quantitative estimate of drug-likeness (QED) is 0.806. The number of hydrogen-bond acceptors (Lipinski definition) is 3. The van der Waals surface area contributed by atoms with Crippen molar-refractivity contribution >= 4 is 5.91 Å². The van der Waals surface area contributed by atoms with Crippen molar-refractivity contribution in [3.63, 3.8) is 0 Å². The lowest BCUT2D eigenvalue weighted by molar-refractivity contribution is 0.0936. The Morgan fingerprint density at radius 3 is 2.55 bits per heavy atom. The molecule has 1 unspecified atom stereocenters. The van der Waals surface area contributed by atoms with Crippen molar-refractivity contribution in [2.75, 3.05) is 0 Å². The van der Waals surface area contributed by atoms with Gasteiger partial charge in [-0.15, -0.1) is 0 Å². The molecule has 0 saturated carbocycles. The third-order valence-corrected chi connectivity index (χ3v) is 2.95. The summed E-state index contributed by atoms with van der Waals surface area (Å²) in [6.07, 6.45) is 0. The first kappa shape index (κ1) is 13.9. The summed E-state index contributed by atoms with van der Waals surface area (Å²) in [5, 5.41) is 21.4. The molecular weight excluding hydrogens is 261 g/mol. The monoisotopic (exact) mass is 275 g/mol. The maximum atomic E-state index is 13.6. The first-order valence-electron chi connectivity index (χ1n) is 6.06. The van der Waals surface area contributed by atoms with Gasteiger partial charge in [0.15, 0.2) is 0 Å². The Bertz CT molecular complexity index is 643. The molecule has 0 aromatic heterocycles. The van der Waals surface area contributed by atoms with Crippen LogP contribution in [0.3, 0.4) is 0 Å². The first-order chi connectivity index (χ1) is 9.49. The molecule has 104 valence electrons. The van der Waals surface area contributed by atoms with Gasteiger partial charge in [0.25, 0.3) is 5.91 Å². The Balaban J connectivity index is 2.17. The van der Waals surface area contributed by atoms with E-state index in [0.717, 1.165) is 6.07 Å². The zero-order chi connectivity index (χ0) is 14.7. The topological polar surface area (TPSA) is 69.6 Å². The summed E-state index contributed by atoms with van der Waals surface area (Å²) in [6, 6.07) is 9.27. The van der Waals surface area contributed by atoms with Crippen molar-refractivity contribution < 1.29 is 19.4 Å². The standard InChI is InChI=1S/C15H14FNO3/c1-9(11-4-2-3-5-13(11)16)17-15(20)12-7-6-10(18)8-14(12)19/h2-9,18-19H,1H3,(H,17,20). The molecule has 3 N–H and O–H groups in total. The predicted molar refractivity (Wildman–Crippen MR) is 72.1 cm³/mol. The third kappa shape index (κ3) is 2.88. The number of carbonyl (C=O) groups is 1. The van der Waals surface area contributed by atoms with Gasteiger partial charge in [0.1, 0.15) is 17.3 Å². The summed E-state index contributed by atoms with van der Waals surface area (Å²) >= 11 is 0. The summed E-state index contributed by atoms with van der Waals surface area (Å²) in [5.41, 5.74) is 0.380. The number of rotatable bonds is 3. The lowest BCUT2D eigenvalue weighted by Gasteiger charge is -2.15. The molecule has 0 aliphatic carbocycles. The second-order valence-corrected chi connectivity index (χ2v) is 4.42. The Kier molecular flexibility index (Phi) is 3.89. The third-order valence-electron chi connectivity index (χ3n) is 2.95. The molecule has 0 fully saturated rings. The molecule has 4 nitrogen and oxygen atoms in total. The summed E-state index contributed by atoms with van der Waals surface area (Å²) in [5.74, 6) is -1.42. The zero-order valence-electron chi connectivity index (χ0n) is 10.8. The number of hydrogen-bond donors (Lipinski definition) is 3. The van der Waals surface area contributed by atoms with Gasteiger partial charge in [-0.25, -0.2) is 4.39 Å². The van der Waals surface area contributed by atoms with Crippen LogP contribution >= 0.6 is 0 Å². The molecule has 1 amide bonds. The van der Waals surface area contributed by atoms with Crippen molar-refractivity contribution in [2.24, 2.45) is 0 Å². The fourth-order valence-corrected chi connectivity index (χ4v) is 1.89. The number of phenols is 2. The molecule has 2 aromatic carbocycles. The van der Waals surface area contributed by atoms with Gasteiger partial charge in [-0.05, 0) is 25.1 Å². The van der Waals surface area contributed by atoms with Crippen LogP contribution in [0.4, 0.5) is 4.39 Å². The van der Waals surface area contributed by atoms with Gasteiger partial charge in [0.05, 0.1) is 11.6 Å². The van der Waals surface area contributed by atoms with Crippen molar-refractivity contribution in [2.45, 2.75) is 13.0 Å². The van der Waals surface area contributed by atoms with Gasteiger partial charge in [-0.2, -0.15) is 0 Å². The molecular formula is C15H14FNO3. The van der Waals surface area contributed by atoms with Crippen LogP contribution < -0.4 is 5.32 Å². The van der Waals surface area contributed by atoms with Gasteiger partial charge < -0.3 is 15.5 Å². The Morgan fingerprint density at radius 1 is 1.20 bits per heavy atom. The average molecular weight is 275 g/mol. The van der Waals surface area contributed by atoms with E-state index in [-0.39, 0.29) is 17.1 Å². The summed E-state index contributed by atoms with van der Waals surface area (Å²) in [4.78, 5) is 12.0. The molecule has 0 saturated heterocycles. The van der Waals surface area contributed by atoms with Crippen LogP contribution in [0.15, 0.2) is 42.5 Å². The summed E-state index contributed by atoms with van der Waals surface area (Å²) < 4.78 is 13.6. The van der Waals surface area contributed by atoms with E-state index in [4.69, 9.17) is 0 Å². The highest BCUT2D eigenvalue weighted by Crippen LogP contribution is 2.23. The average Bonchev–Trinajstić information content (AvgIpc) is 2.38. The number of carbonyl (C=O) groups excluding carboxylic acids is 1. The smallest absolute Gasteiger partial charge is 0.255 e. The van der Waals surface area contributed by atoms with Crippen LogP contribution in [0.5, 0.6) is 11.5 Å². The molecule has 0 aliphatic rings. The van der Waals surface area contributed by atoms with E-state index in [2.05, 4.69) is 5.32 Å². The molecule has 20 heavy (non-hydrogen) atoms. The van der Waals surface area contributed by atoms with E-state index >= 15 is 0 Å². The highest BCUT2D eigenvalue weighted by Gasteiger charge is 2.16. The van der Waals surface area contributed by atoms with Crippen LogP contribution in [0.1, 0.15) is 28.9 Å². The Morgan fingerprint density at radius 2 is 1.90 bits per heavy atom. The Labute approximate surface area is 115 Å². The number of nitrogens with one attached hydrogen (secondary N) is 1. The van der Waals surface area contributed by atoms with Gasteiger partial charge in [0.2, 0.25) is 0 Å². The number of benzene rings is 2. The fourth-order valence-electron chi connectivity index (χ4n) is 1.89. The van der Waals surface area contributed by atoms with E-state index in [1.165, 1.54) is 18.2 Å². The number of amides is 1. The minimum atomic E-state index is -0.545. The largest absolute Gasteiger partial charge is 0.508 e. The molecule has 0 spiro atoms. The van der Waals surface area contributed by atoms with Crippen molar-refractivity contribution in [3.05, 3.63) is 59.4 Å². The van der Waals surface area contributed by atoms with E-state index in [1.807, 2.05) is 0 Å². The zero-order valence-corrected chi connectivity index (χ0v) is 10.8. The molecule has 0 aliphatic heterocycles. The molecule has 2 aromatic rings. The fraction of sp³-hybridized carbons (Fsp3) is 0.133. The minimum Gasteiger partial charge on any atom is -0.508 e. The highest BCUT2D eigenvalue weighted by atomic mass is 19.1. The van der Waals surface area contributed by atoms with E-state index in [0.29, 0.717) is 5.56 Å². The molecule has 1 atom stereocenters. The van der Waals surface area contributed by atoms with E-state index < -0.39 is 17.8 Å². The molecule has 2 rings (SSSR count). The molecule has 5 heteroatoms.